The van der Waals surface area contributed by atoms with E-state index in [9.17, 15) is 9.18 Å². The number of benzene rings is 1. The summed E-state index contributed by atoms with van der Waals surface area (Å²) in [6.45, 7) is 5.40. The number of nitrogens with one attached hydrogen (secondary N) is 1. The number of halogens is 1. The first-order chi connectivity index (χ1) is 10.7. The van der Waals surface area contributed by atoms with Gasteiger partial charge in [0.1, 0.15) is 12.4 Å². The van der Waals surface area contributed by atoms with Crippen molar-refractivity contribution in [1.82, 2.24) is 5.32 Å². The summed E-state index contributed by atoms with van der Waals surface area (Å²) in [6.07, 6.45) is 1.02. The van der Waals surface area contributed by atoms with Gasteiger partial charge in [0.05, 0.1) is 19.3 Å². The van der Waals surface area contributed by atoms with Gasteiger partial charge in [-0.05, 0) is 44.5 Å². The molecule has 0 aliphatic rings. The average molecular weight is 313 g/mol. The maximum Gasteiger partial charge on any atom is 0.305 e. The molecule has 1 aromatic rings. The Labute approximate surface area is 130 Å². The molecule has 6 heteroatoms. The van der Waals surface area contributed by atoms with Gasteiger partial charge < -0.3 is 10.1 Å². The number of hydrogen-bond donors (Lipinski definition) is 1. The first-order valence-electron chi connectivity index (χ1n) is 7.56. The van der Waals surface area contributed by atoms with E-state index in [1.807, 2.05) is 6.92 Å². The molecule has 0 saturated carbocycles. The van der Waals surface area contributed by atoms with Crippen molar-refractivity contribution in [2.75, 3.05) is 26.4 Å². The summed E-state index contributed by atoms with van der Waals surface area (Å²) in [5, 5.41) is 3.28. The Bertz CT molecular complexity index is 425. The van der Waals surface area contributed by atoms with Crippen molar-refractivity contribution >= 4 is 5.97 Å². The van der Waals surface area contributed by atoms with E-state index in [-0.39, 0.29) is 17.8 Å². The summed E-state index contributed by atoms with van der Waals surface area (Å²) in [6, 6.07) is 6.09. The zero-order valence-corrected chi connectivity index (χ0v) is 13.1. The van der Waals surface area contributed by atoms with E-state index in [0.717, 1.165) is 5.56 Å². The highest BCUT2D eigenvalue weighted by Gasteiger charge is 2.12. The van der Waals surface area contributed by atoms with Gasteiger partial charge in [0.25, 0.3) is 0 Å². The maximum atomic E-state index is 13.0. The topological polar surface area (TPSA) is 56.8 Å². The average Bonchev–Trinajstić information content (AvgIpc) is 2.51. The van der Waals surface area contributed by atoms with Crippen molar-refractivity contribution in [1.29, 1.82) is 0 Å². The predicted octanol–water partition coefficient (Wildman–Crippen LogP) is 2.77. The Balaban J connectivity index is 2.44. The highest BCUT2D eigenvalue weighted by atomic mass is 19.1. The van der Waals surface area contributed by atoms with E-state index >= 15 is 0 Å². The molecule has 0 spiro atoms. The third kappa shape index (κ3) is 7.49. The quantitative estimate of drug-likeness (QED) is 0.295. The summed E-state index contributed by atoms with van der Waals surface area (Å²) in [7, 11) is 0. The second kappa shape index (κ2) is 11.1. The van der Waals surface area contributed by atoms with Gasteiger partial charge >= 0.3 is 5.97 Å². The first-order valence-corrected chi connectivity index (χ1v) is 7.56. The Morgan fingerprint density at radius 3 is 2.55 bits per heavy atom. The van der Waals surface area contributed by atoms with Crippen LogP contribution in [0.2, 0.25) is 0 Å². The fourth-order valence-corrected chi connectivity index (χ4v) is 1.91. The number of rotatable bonds is 11. The zero-order valence-electron chi connectivity index (χ0n) is 13.1. The lowest BCUT2D eigenvalue weighted by Crippen LogP contribution is -2.27. The van der Waals surface area contributed by atoms with Crippen LogP contribution in [0.25, 0.3) is 0 Å². The van der Waals surface area contributed by atoms with Gasteiger partial charge in [0.15, 0.2) is 0 Å². The van der Waals surface area contributed by atoms with Gasteiger partial charge in [0, 0.05) is 6.42 Å². The van der Waals surface area contributed by atoms with Gasteiger partial charge in [-0.2, -0.15) is 0 Å². The molecular formula is C16H24FNO4. The SMILES string of the molecule is CCOOCC(NCCCC(=O)OCC)c1ccc(F)cc1. The van der Waals surface area contributed by atoms with Crippen molar-refractivity contribution in [2.24, 2.45) is 0 Å². The smallest absolute Gasteiger partial charge is 0.305 e. The van der Waals surface area contributed by atoms with Gasteiger partial charge in [-0.25, -0.2) is 14.2 Å². The van der Waals surface area contributed by atoms with Crippen molar-refractivity contribution in [2.45, 2.75) is 32.7 Å². The number of carbonyl (C=O) groups is 1. The molecule has 1 unspecified atom stereocenters. The molecule has 0 aliphatic heterocycles. The standard InChI is InChI=1S/C16H24FNO4/c1-3-20-16(19)6-5-11-18-15(12-22-21-4-2)13-7-9-14(17)10-8-13/h7-10,15,18H,3-6,11-12H2,1-2H3. The highest BCUT2D eigenvalue weighted by molar-refractivity contribution is 5.69. The minimum Gasteiger partial charge on any atom is -0.466 e. The molecular weight excluding hydrogens is 289 g/mol. The largest absolute Gasteiger partial charge is 0.466 e. The number of carbonyl (C=O) groups excluding carboxylic acids is 1. The monoisotopic (exact) mass is 313 g/mol. The van der Waals surface area contributed by atoms with Crippen LogP contribution in [0.1, 0.15) is 38.3 Å². The highest BCUT2D eigenvalue weighted by Crippen LogP contribution is 2.14. The fourth-order valence-electron chi connectivity index (χ4n) is 1.91. The molecule has 0 fully saturated rings. The molecule has 1 rings (SSSR count). The van der Waals surface area contributed by atoms with Crippen LogP contribution in [0.4, 0.5) is 4.39 Å². The van der Waals surface area contributed by atoms with E-state index in [1.165, 1.54) is 12.1 Å². The van der Waals surface area contributed by atoms with Crippen LogP contribution >= 0.6 is 0 Å². The Kier molecular flexibility index (Phi) is 9.37. The van der Waals surface area contributed by atoms with Crippen LogP contribution in [0.5, 0.6) is 0 Å². The molecule has 0 aromatic heterocycles. The Morgan fingerprint density at radius 1 is 1.18 bits per heavy atom. The molecule has 22 heavy (non-hydrogen) atoms. The van der Waals surface area contributed by atoms with Gasteiger partial charge in [0.2, 0.25) is 0 Å². The minimum absolute atomic E-state index is 0.130. The summed E-state index contributed by atoms with van der Waals surface area (Å²) in [4.78, 5) is 21.3. The number of ether oxygens (including phenoxy) is 1. The fraction of sp³-hybridized carbons (Fsp3) is 0.562. The molecule has 0 saturated heterocycles. The van der Waals surface area contributed by atoms with E-state index in [0.29, 0.717) is 39.2 Å². The van der Waals surface area contributed by atoms with Crippen LogP contribution in [-0.4, -0.2) is 32.3 Å². The first kappa shape index (κ1) is 18.5. The van der Waals surface area contributed by atoms with Crippen LogP contribution in [0.3, 0.4) is 0 Å². The Morgan fingerprint density at radius 2 is 1.91 bits per heavy atom. The molecule has 0 aliphatic carbocycles. The molecule has 0 radical (unpaired) electrons. The molecule has 0 amide bonds. The molecule has 1 aromatic carbocycles. The minimum atomic E-state index is -0.282. The van der Waals surface area contributed by atoms with Crippen LogP contribution < -0.4 is 5.32 Å². The second-order valence-electron chi connectivity index (χ2n) is 4.66. The van der Waals surface area contributed by atoms with Crippen LogP contribution in [-0.2, 0) is 19.3 Å². The van der Waals surface area contributed by atoms with Crippen LogP contribution in [0, 0.1) is 5.82 Å². The van der Waals surface area contributed by atoms with Crippen molar-refractivity contribution in [3.63, 3.8) is 0 Å². The number of hydrogen-bond acceptors (Lipinski definition) is 5. The lowest BCUT2D eigenvalue weighted by molar-refractivity contribution is -0.295. The number of esters is 1. The van der Waals surface area contributed by atoms with Gasteiger partial charge in [-0.1, -0.05) is 12.1 Å². The molecule has 1 N–H and O–H groups in total. The zero-order chi connectivity index (χ0) is 16.2. The lowest BCUT2D eigenvalue weighted by Gasteiger charge is -2.18. The molecule has 0 bridgehead atoms. The Hall–Kier alpha value is -1.50. The summed E-state index contributed by atoms with van der Waals surface area (Å²) in [5.74, 6) is -0.483. The molecule has 124 valence electrons. The van der Waals surface area contributed by atoms with E-state index in [1.54, 1.807) is 19.1 Å². The molecule has 0 heterocycles. The summed E-state index contributed by atoms with van der Waals surface area (Å²) >= 11 is 0. The van der Waals surface area contributed by atoms with E-state index in [2.05, 4.69) is 5.32 Å². The summed E-state index contributed by atoms with van der Waals surface area (Å²) < 4.78 is 17.9. The summed E-state index contributed by atoms with van der Waals surface area (Å²) in [5.41, 5.74) is 0.900. The third-order valence-electron chi connectivity index (χ3n) is 2.96. The third-order valence-corrected chi connectivity index (χ3v) is 2.96. The second-order valence-corrected chi connectivity index (χ2v) is 4.66. The lowest BCUT2D eigenvalue weighted by atomic mass is 10.1. The van der Waals surface area contributed by atoms with Gasteiger partial charge in [-0.3, -0.25) is 4.79 Å². The van der Waals surface area contributed by atoms with E-state index in [4.69, 9.17) is 14.5 Å². The van der Waals surface area contributed by atoms with Crippen LogP contribution in [0.15, 0.2) is 24.3 Å². The maximum absolute atomic E-state index is 13.0. The predicted molar refractivity (Wildman–Crippen MR) is 80.6 cm³/mol. The van der Waals surface area contributed by atoms with Crippen molar-refractivity contribution < 1.29 is 23.7 Å². The normalized spacial score (nSPS) is 12.1. The van der Waals surface area contributed by atoms with Gasteiger partial charge in [-0.15, -0.1) is 0 Å². The van der Waals surface area contributed by atoms with Crippen molar-refractivity contribution in [3.8, 4) is 0 Å². The molecule has 1 atom stereocenters. The van der Waals surface area contributed by atoms with Crippen molar-refractivity contribution in [3.05, 3.63) is 35.6 Å². The van der Waals surface area contributed by atoms with E-state index < -0.39 is 0 Å². The molecule has 5 nitrogen and oxygen atoms in total.